The van der Waals surface area contributed by atoms with E-state index in [1.54, 1.807) is 0 Å². The summed E-state index contributed by atoms with van der Waals surface area (Å²) < 4.78 is 2.41. The van der Waals surface area contributed by atoms with E-state index in [0.717, 1.165) is 44.7 Å². The molecule has 0 radical (unpaired) electrons. The summed E-state index contributed by atoms with van der Waals surface area (Å²) in [4.78, 5) is 9.03. The van der Waals surface area contributed by atoms with Gasteiger partial charge in [-0.05, 0) is 80.9 Å². The quantitative estimate of drug-likeness (QED) is 0.260. The summed E-state index contributed by atoms with van der Waals surface area (Å²) >= 11 is 0. The number of unbranched alkanes of at least 4 members (excludes halogenated alkanes) is 1. The normalized spacial score (nSPS) is 12.8. The first kappa shape index (κ1) is 25.1. The molecular formula is C32H37N5. The van der Waals surface area contributed by atoms with Gasteiger partial charge in [0.1, 0.15) is 0 Å². The molecular weight excluding hydrogens is 454 g/mol. The number of hydrogen-bond donors (Lipinski definition) is 2. The van der Waals surface area contributed by atoms with Crippen LogP contribution in [-0.2, 0) is 25.9 Å². The molecule has 0 spiro atoms. The van der Waals surface area contributed by atoms with Crippen molar-refractivity contribution in [2.45, 2.75) is 51.6 Å². The van der Waals surface area contributed by atoms with Gasteiger partial charge in [0, 0.05) is 47.5 Å². The van der Waals surface area contributed by atoms with Crippen LogP contribution in [0.25, 0.3) is 21.8 Å². The maximum absolute atomic E-state index is 5.59. The minimum Gasteiger partial charge on any atom is -0.334 e. The molecule has 0 saturated heterocycles. The summed E-state index contributed by atoms with van der Waals surface area (Å²) in [5.41, 5.74) is 13.3. The lowest BCUT2D eigenvalue weighted by molar-refractivity contribution is 0.621. The van der Waals surface area contributed by atoms with Crippen molar-refractivity contribution in [2.75, 3.05) is 13.1 Å². The van der Waals surface area contributed by atoms with Gasteiger partial charge >= 0.3 is 0 Å². The number of hydrogen-bond acceptors (Lipinski definition) is 4. The van der Waals surface area contributed by atoms with E-state index in [1.165, 1.54) is 64.3 Å². The van der Waals surface area contributed by atoms with Crippen LogP contribution in [0.2, 0.25) is 0 Å². The van der Waals surface area contributed by atoms with Crippen LogP contribution in [0.4, 0.5) is 0 Å². The van der Waals surface area contributed by atoms with Gasteiger partial charge in [0.05, 0.1) is 11.2 Å². The van der Waals surface area contributed by atoms with Gasteiger partial charge in [-0.15, -0.1) is 0 Å². The molecule has 0 unspecified atom stereocenters. The summed E-state index contributed by atoms with van der Waals surface area (Å²) in [5, 5.41) is 6.09. The monoisotopic (exact) mass is 491 g/mol. The van der Waals surface area contributed by atoms with Gasteiger partial charge < -0.3 is 15.6 Å². The minimum atomic E-state index is 0.751. The largest absolute Gasteiger partial charge is 0.334 e. The van der Waals surface area contributed by atoms with E-state index < -0.39 is 0 Å². The van der Waals surface area contributed by atoms with Gasteiger partial charge in [-0.25, -0.2) is 0 Å². The molecule has 3 heterocycles. The zero-order valence-corrected chi connectivity index (χ0v) is 21.6. The van der Waals surface area contributed by atoms with Gasteiger partial charge in [-0.2, -0.15) is 0 Å². The van der Waals surface area contributed by atoms with Crippen LogP contribution in [0.5, 0.6) is 0 Å². The Morgan fingerprint density at radius 3 is 2.49 bits per heavy atom. The molecule has 5 heteroatoms. The number of para-hydroxylation sites is 1. The van der Waals surface area contributed by atoms with Crippen LogP contribution in [0.1, 0.15) is 48.2 Å². The van der Waals surface area contributed by atoms with E-state index in [-0.39, 0.29) is 0 Å². The van der Waals surface area contributed by atoms with Crippen molar-refractivity contribution in [3.63, 3.8) is 0 Å². The zero-order valence-electron chi connectivity index (χ0n) is 21.6. The predicted octanol–water partition coefficient (Wildman–Crippen LogP) is 6.03. The smallest absolute Gasteiger partial charge is 0.0784 e. The molecule has 5 nitrogen and oxygen atoms in total. The van der Waals surface area contributed by atoms with E-state index in [9.17, 15) is 0 Å². The lowest BCUT2D eigenvalue weighted by atomic mass is 9.96. The van der Waals surface area contributed by atoms with E-state index in [2.05, 4.69) is 81.6 Å². The summed E-state index contributed by atoms with van der Waals surface area (Å²) in [7, 11) is 0. The number of aryl methyl sites for hydroxylation is 2. The van der Waals surface area contributed by atoms with Crippen molar-refractivity contribution in [2.24, 2.45) is 5.73 Å². The number of aromatic nitrogens is 3. The fourth-order valence-corrected chi connectivity index (χ4v) is 5.27. The second-order valence-electron chi connectivity index (χ2n) is 9.73. The fourth-order valence-electron chi connectivity index (χ4n) is 5.27. The highest BCUT2D eigenvalue weighted by Crippen LogP contribution is 2.31. The van der Waals surface area contributed by atoms with Crippen molar-refractivity contribution >= 4 is 21.8 Å². The number of pyridine rings is 2. The lowest BCUT2D eigenvalue weighted by Gasteiger charge is -2.12. The van der Waals surface area contributed by atoms with E-state index in [1.807, 2.05) is 18.5 Å². The van der Waals surface area contributed by atoms with E-state index in [4.69, 9.17) is 10.7 Å². The Morgan fingerprint density at radius 1 is 0.784 bits per heavy atom. The number of nitrogens with two attached hydrogens (primary N) is 1. The van der Waals surface area contributed by atoms with Crippen molar-refractivity contribution < 1.29 is 0 Å². The first-order valence-corrected chi connectivity index (χ1v) is 13.6. The maximum atomic E-state index is 5.59. The summed E-state index contributed by atoms with van der Waals surface area (Å²) in [5.74, 6) is 0. The van der Waals surface area contributed by atoms with Crippen LogP contribution in [-0.4, -0.2) is 27.6 Å². The predicted molar refractivity (Wildman–Crippen MR) is 154 cm³/mol. The maximum Gasteiger partial charge on any atom is 0.0784 e. The highest BCUT2D eigenvalue weighted by molar-refractivity contribution is 6.08. The molecule has 6 rings (SSSR count). The summed E-state index contributed by atoms with van der Waals surface area (Å²) in [6.07, 6.45) is 11.1. The third kappa shape index (κ3) is 6.07. The SMILES string of the molecule is NCCCCNCc1nccc2c3ccccc3n(Cc3ccccc3)c12.c1cnc2c(c1)CCCC2. The van der Waals surface area contributed by atoms with Crippen LogP contribution < -0.4 is 11.1 Å². The Kier molecular flexibility index (Phi) is 8.57. The van der Waals surface area contributed by atoms with Crippen LogP contribution in [0.15, 0.2) is 85.2 Å². The Bertz CT molecular complexity index is 1400. The molecule has 3 aromatic heterocycles. The highest BCUT2D eigenvalue weighted by Gasteiger charge is 2.14. The van der Waals surface area contributed by atoms with Crippen molar-refractivity contribution in [3.8, 4) is 0 Å². The molecule has 0 saturated carbocycles. The van der Waals surface area contributed by atoms with Gasteiger partial charge in [0.15, 0.2) is 0 Å². The molecule has 0 fully saturated rings. The third-order valence-corrected chi connectivity index (χ3v) is 7.13. The highest BCUT2D eigenvalue weighted by atomic mass is 15.0. The van der Waals surface area contributed by atoms with Crippen LogP contribution >= 0.6 is 0 Å². The number of benzene rings is 2. The number of rotatable bonds is 8. The minimum absolute atomic E-state index is 0.751. The number of nitrogens with zero attached hydrogens (tertiary/aromatic N) is 3. The summed E-state index contributed by atoms with van der Waals surface area (Å²) in [6.45, 7) is 3.33. The van der Waals surface area contributed by atoms with Gasteiger partial charge in [0.2, 0.25) is 0 Å². The molecule has 3 N–H and O–H groups in total. The zero-order chi connectivity index (χ0) is 25.3. The van der Waals surface area contributed by atoms with Gasteiger partial charge in [0.25, 0.3) is 0 Å². The molecule has 190 valence electrons. The topological polar surface area (TPSA) is 68.8 Å². The van der Waals surface area contributed by atoms with Crippen LogP contribution in [0.3, 0.4) is 0 Å². The number of fused-ring (bicyclic) bond motifs is 4. The van der Waals surface area contributed by atoms with Gasteiger partial charge in [-0.1, -0.05) is 54.6 Å². The molecule has 5 aromatic rings. The molecule has 0 bridgehead atoms. The second kappa shape index (κ2) is 12.6. The van der Waals surface area contributed by atoms with Crippen molar-refractivity contribution in [1.29, 1.82) is 0 Å². The molecule has 37 heavy (non-hydrogen) atoms. The lowest BCUT2D eigenvalue weighted by Crippen LogP contribution is -2.17. The first-order valence-electron chi connectivity index (χ1n) is 13.6. The Balaban J connectivity index is 0.000000233. The first-order chi connectivity index (χ1) is 18.3. The molecule has 1 aliphatic rings. The van der Waals surface area contributed by atoms with E-state index in [0.29, 0.717) is 0 Å². The Hall–Kier alpha value is -3.54. The molecule has 0 atom stereocenters. The number of nitrogens with one attached hydrogen (secondary N) is 1. The Morgan fingerprint density at radius 2 is 1.62 bits per heavy atom. The molecule has 1 aliphatic carbocycles. The molecule has 0 amide bonds. The standard InChI is InChI=1S/C23H26N4.C9H11N/c24-13-6-7-14-25-16-21-23-20(12-15-26-21)19-10-4-5-11-22(19)27(23)17-18-8-2-1-3-9-18;1-2-6-9-8(4-1)5-3-7-10-9/h1-5,8-12,15,25H,6-7,13-14,16-17,24H2;3,5,7H,1-2,4,6H2. The van der Waals surface area contributed by atoms with Crippen molar-refractivity contribution in [1.82, 2.24) is 19.9 Å². The van der Waals surface area contributed by atoms with Gasteiger partial charge in [-0.3, -0.25) is 9.97 Å². The van der Waals surface area contributed by atoms with Crippen molar-refractivity contribution in [3.05, 3.63) is 108 Å². The second-order valence-corrected chi connectivity index (χ2v) is 9.73. The van der Waals surface area contributed by atoms with E-state index >= 15 is 0 Å². The Labute approximate surface area is 219 Å². The third-order valence-electron chi connectivity index (χ3n) is 7.13. The summed E-state index contributed by atoms with van der Waals surface area (Å²) in [6, 6.07) is 25.6. The molecule has 0 aliphatic heterocycles. The average molecular weight is 492 g/mol. The average Bonchev–Trinajstić information content (AvgIpc) is 3.28. The van der Waals surface area contributed by atoms with Crippen LogP contribution in [0, 0.1) is 0 Å². The molecule has 2 aromatic carbocycles. The fraction of sp³-hybridized carbons (Fsp3) is 0.312.